The Hall–Kier alpha value is -2.57. The van der Waals surface area contributed by atoms with Gasteiger partial charge in [0.1, 0.15) is 0 Å². The number of methoxy groups -OCH3 is 1. The van der Waals surface area contributed by atoms with Gasteiger partial charge in [-0.05, 0) is 56.1 Å². The first-order valence-electron chi connectivity index (χ1n) is 9.64. The quantitative estimate of drug-likeness (QED) is 0.603. The Morgan fingerprint density at radius 2 is 1.67 bits per heavy atom. The highest BCUT2D eigenvalue weighted by atomic mass is 16.5. The minimum atomic E-state index is -0.0833. The number of piperidine rings is 1. The van der Waals surface area contributed by atoms with Gasteiger partial charge in [0.25, 0.3) is 0 Å². The monoisotopic (exact) mass is 359 g/mol. The Balaban J connectivity index is 1.57. The van der Waals surface area contributed by atoms with E-state index in [9.17, 15) is 4.79 Å². The smallest absolute Gasteiger partial charge is 0.310 e. The van der Waals surface area contributed by atoms with Crippen LogP contribution in [0.15, 0.2) is 54.6 Å². The summed E-state index contributed by atoms with van der Waals surface area (Å²) in [6.45, 7) is 0. The Kier molecular flexibility index (Phi) is 5.01. The second kappa shape index (κ2) is 7.58. The van der Waals surface area contributed by atoms with Gasteiger partial charge < -0.3 is 4.74 Å². The van der Waals surface area contributed by atoms with Gasteiger partial charge in [-0.2, -0.15) is 0 Å². The summed E-state index contributed by atoms with van der Waals surface area (Å²) in [5, 5.41) is 0. The van der Waals surface area contributed by atoms with E-state index in [1.54, 1.807) is 0 Å². The minimum Gasteiger partial charge on any atom is -0.469 e. The SMILES string of the molecule is COC(=O)[C@H]1[C@@H](c2ccc(C#Cc3ccccc3)cc2)C[C@@H]2CC[C@H]1N2C. The molecule has 4 atom stereocenters. The minimum absolute atomic E-state index is 0.0786. The third kappa shape index (κ3) is 3.50. The molecule has 2 bridgehead atoms. The van der Waals surface area contributed by atoms with E-state index in [2.05, 4.69) is 48.1 Å². The van der Waals surface area contributed by atoms with Gasteiger partial charge >= 0.3 is 5.97 Å². The molecule has 0 unspecified atom stereocenters. The van der Waals surface area contributed by atoms with E-state index in [0.29, 0.717) is 12.1 Å². The van der Waals surface area contributed by atoms with Gasteiger partial charge in [-0.25, -0.2) is 0 Å². The molecule has 0 radical (unpaired) electrons. The molecule has 2 heterocycles. The second-order valence-corrected chi connectivity index (χ2v) is 7.59. The summed E-state index contributed by atoms with van der Waals surface area (Å²) in [7, 11) is 3.65. The fourth-order valence-corrected chi connectivity index (χ4v) is 4.75. The van der Waals surface area contributed by atoms with Crippen molar-refractivity contribution in [1.82, 2.24) is 4.90 Å². The maximum Gasteiger partial charge on any atom is 0.310 e. The summed E-state index contributed by atoms with van der Waals surface area (Å²) in [6.07, 6.45) is 3.27. The van der Waals surface area contributed by atoms with E-state index in [-0.39, 0.29) is 17.8 Å². The highest BCUT2D eigenvalue weighted by Gasteiger charge is 2.49. The number of rotatable bonds is 2. The predicted octanol–water partition coefficient (Wildman–Crippen LogP) is 3.83. The standard InChI is InChI=1S/C24H25NO2/c1-25-20-14-15-22(25)23(24(26)27-2)21(16-20)19-12-10-18(11-13-19)9-8-17-6-4-3-5-7-17/h3-7,10-13,20-23H,14-16H2,1-2H3/t20-,21+,22+,23-/m0/s1. The van der Waals surface area contributed by atoms with Crippen LogP contribution in [-0.2, 0) is 9.53 Å². The Morgan fingerprint density at radius 3 is 2.33 bits per heavy atom. The average molecular weight is 359 g/mol. The highest BCUT2D eigenvalue weighted by molar-refractivity contribution is 5.75. The molecule has 138 valence electrons. The first kappa shape index (κ1) is 17.8. The molecule has 2 aliphatic rings. The van der Waals surface area contributed by atoms with Crippen molar-refractivity contribution in [2.75, 3.05) is 14.2 Å². The Bertz CT molecular complexity index is 863. The molecule has 0 amide bonds. The molecule has 0 N–H and O–H groups in total. The van der Waals surface area contributed by atoms with Crippen molar-refractivity contribution in [2.24, 2.45) is 5.92 Å². The van der Waals surface area contributed by atoms with Gasteiger partial charge in [-0.15, -0.1) is 0 Å². The van der Waals surface area contributed by atoms with E-state index in [1.165, 1.54) is 19.1 Å². The molecule has 2 aromatic rings. The molecule has 4 rings (SSSR count). The van der Waals surface area contributed by atoms with Gasteiger partial charge in [-0.3, -0.25) is 9.69 Å². The first-order valence-corrected chi connectivity index (χ1v) is 9.64. The van der Waals surface area contributed by atoms with E-state index in [1.807, 2.05) is 30.3 Å². The lowest BCUT2D eigenvalue weighted by molar-refractivity contribution is -0.150. The van der Waals surface area contributed by atoms with E-state index in [0.717, 1.165) is 24.0 Å². The number of esters is 1. The number of carbonyl (C=O) groups is 1. The van der Waals surface area contributed by atoms with Crippen molar-refractivity contribution >= 4 is 5.97 Å². The van der Waals surface area contributed by atoms with Crippen molar-refractivity contribution in [3.8, 4) is 11.8 Å². The van der Waals surface area contributed by atoms with Crippen molar-refractivity contribution in [3.05, 3.63) is 71.3 Å². The Labute approximate surface area is 161 Å². The molecule has 3 nitrogen and oxygen atoms in total. The highest BCUT2D eigenvalue weighted by Crippen LogP contribution is 2.46. The summed E-state index contributed by atoms with van der Waals surface area (Å²) < 4.78 is 5.16. The topological polar surface area (TPSA) is 29.5 Å². The lowest BCUT2D eigenvalue weighted by atomic mass is 9.76. The Morgan fingerprint density at radius 1 is 1.00 bits per heavy atom. The fraction of sp³-hybridized carbons (Fsp3) is 0.375. The van der Waals surface area contributed by atoms with Crippen LogP contribution in [-0.4, -0.2) is 37.1 Å². The molecular formula is C24H25NO2. The van der Waals surface area contributed by atoms with Crippen LogP contribution in [0.3, 0.4) is 0 Å². The largest absolute Gasteiger partial charge is 0.469 e. The summed E-state index contributed by atoms with van der Waals surface area (Å²) in [6, 6.07) is 19.3. The normalized spacial score (nSPS) is 26.9. The van der Waals surface area contributed by atoms with Gasteiger partial charge in [0.05, 0.1) is 13.0 Å². The van der Waals surface area contributed by atoms with Crippen molar-refractivity contribution in [1.29, 1.82) is 0 Å². The zero-order valence-electron chi connectivity index (χ0n) is 15.9. The fourth-order valence-electron chi connectivity index (χ4n) is 4.75. The van der Waals surface area contributed by atoms with Crippen LogP contribution in [0.2, 0.25) is 0 Å². The van der Waals surface area contributed by atoms with Crippen molar-refractivity contribution < 1.29 is 9.53 Å². The van der Waals surface area contributed by atoms with Crippen LogP contribution in [0.4, 0.5) is 0 Å². The van der Waals surface area contributed by atoms with Crippen LogP contribution in [0.1, 0.15) is 41.9 Å². The molecule has 2 fully saturated rings. The van der Waals surface area contributed by atoms with E-state index in [4.69, 9.17) is 4.74 Å². The molecule has 2 saturated heterocycles. The second-order valence-electron chi connectivity index (χ2n) is 7.59. The lowest BCUT2D eigenvalue weighted by Crippen LogP contribution is -2.49. The molecule has 2 aliphatic heterocycles. The van der Waals surface area contributed by atoms with Crippen LogP contribution >= 0.6 is 0 Å². The molecule has 0 aliphatic carbocycles. The molecule has 3 heteroatoms. The van der Waals surface area contributed by atoms with Crippen LogP contribution in [0, 0.1) is 17.8 Å². The van der Waals surface area contributed by atoms with Crippen molar-refractivity contribution in [2.45, 2.75) is 37.3 Å². The number of hydrogen-bond donors (Lipinski definition) is 0. The van der Waals surface area contributed by atoms with Gasteiger partial charge in [0, 0.05) is 29.1 Å². The van der Waals surface area contributed by atoms with Gasteiger partial charge in [-0.1, -0.05) is 42.2 Å². The predicted molar refractivity (Wildman–Crippen MR) is 106 cm³/mol. The molecule has 2 aromatic carbocycles. The summed E-state index contributed by atoms with van der Waals surface area (Å²) in [4.78, 5) is 14.9. The zero-order chi connectivity index (χ0) is 18.8. The first-order chi connectivity index (χ1) is 13.2. The third-order valence-electron chi connectivity index (χ3n) is 6.21. The number of carbonyl (C=O) groups excluding carboxylic acids is 1. The van der Waals surface area contributed by atoms with Gasteiger partial charge in [0.2, 0.25) is 0 Å². The average Bonchev–Trinajstić information content (AvgIpc) is 2.95. The zero-order valence-corrected chi connectivity index (χ0v) is 15.9. The number of benzene rings is 2. The maximum absolute atomic E-state index is 12.5. The number of ether oxygens (including phenoxy) is 1. The molecule has 0 aromatic heterocycles. The van der Waals surface area contributed by atoms with E-state index >= 15 is 0 Å². The maximum atomic E-state index is 12.5. The number of hydrogen-bond acceptors (Lipinski definition) is 3. The van der Waals surface area contributed by atoms with E-state index < -0.39 is 0 Å². The van der Waals surface area contributed by atoms with Crippen LogP contribution in [0.25, 0.3) is 0 Å². The third-order valence-corrected chi connectivity index (χ3v) is 6.21. The summed E-state index contributed by atoms with van der Waals surface area (Å²) in [5.41, 5.74) is 3.23. The lowest BCUT2D eigenvalue weighted by Gasteiger charge is -2.41. The molecule has 0 saturated carbocycles. The summed E-state index contributed by atoms with van der Waals surface area (Å²) in [5.74, 6) is 6.48. The van der Waals surface area contributed by atoms with Gasteiger partial charge in [0.15, 0.2) is 0 Å². The summed E-state index contributed by atoms with van der Waals surface area (Å²) >= 11 is 0. The number of nitrogens with zero attached hydrogens (tertiary/aromatic N) is 1. The van der Waals surface area contributed by atoms with Crippen LogP contribution in [0.5, 0.6) is 0 Å². The van der Waals surface area contributed by atoms with Crippen molar-refractivity contribution in [3.63, 3.8) is 0 Å². The number of fused-ring (bicyclic) bond motifs is 2. The molecular weight excluding hydrogens is 334 g/mol. The molecule has 0 spiro atoms. The van der Waals surface area contributed by atoms with Crippen LogP contribution < -0.4 is 0 Å². The molecule has 27 heavy (non-hydrogen) atoms.